The second-order valence-electron chi connectivity index (χ2n) is 6.87. The Labute approximate surface area is 150 Å². The van der Waals surface area contributed by atoms with Gasteiger partial charge in [-0.15, -0.1) is 0 Å². The third-order valence-electron chi connectivity index (χ3n) is 5.26. The smallest absolute Gasteiger partial charge is 0.184 e. The van der Waals surface area contributed by atoms with E-state index in [0.29, 0.717) is 0 Å². The molecule has 0 spiro atoms. The van der Waals surface area contributed by atoms with Gasteiger partial charge in [-0.2, -0.15) is 0 Å². The number of hydrogen-bond acceptors (Lipinski definition) is 6. The lowest BCUT2D eigenvalue weighted by Crippen LogP contribution is -2.61. The average molecular weight is 356 g/mol. The fourth-order valence-electron chi connectivity index (χ4n) is 3.95. The van der Waals surface area contributed by atoms with Crippen LogP contribution >= 0.6 is 0 Å². The van der Waals surface area contributed by atoms with Crippen LogP contribution in [0, 0.1) is 0 Å². The molecule has 2 aromatic rings. The lowest BCUT2D eigenvalue weighted by molar-refractivity contribution is -0.158. The van der Waals surface area contributed by atoms with Crippen LogP contribution < -0.4 is 0 Å². The molecule has 8 atom stereocenters. The number of aliphatic hydroxyl groups is 2. The summed E-state index contributed by atoms with van der Waals surface area (Å²) in [4.78, 5) is 0. The number of aliphatic hydroxyl groups excluding tert-OH is 2. The van der Waals surface area contributed by atoms with Crippen LogP contribution in [0.3, 0.4) is 0 Å². The van der Waals surface area contributed by atoms with Crippen LogP contribution in [0.2, 0.25) is 0 Å². The van der Waals surface area contributed by atoms with Crippen LogP contribution in [-0.4, -0.2) is 46.8 Å². The molecular weight excluding hydrogens is 336 g/mol. The molecule has 3 fully saturated rings. The normalized spacial score (nSPS) is 41.6. The van der Waals surface area contributed by atoms with Gasteiger partial charge in [0.2, 0.25) is 0 Å². The molecule has 0 aromatic heterocycles. The molecule has 2 N–H and O–H groups in total. The molecule has 0 unspecified atom stereocenters. The standard InChI is InChI=1S/C20H20O6/c21-13-14(22)16-18(26-20(24-16)12-9-5-2-6-10-12)17-15(13)23-19(25-17)11-7-3-1-4-8-11/h1-10,13-22H/t13-,14+,15-,16-,17-,18+,19+,20-/m1/s1. The van der Waals surface area contributed by atoms with Crippen molar-refractivity contribution >= 4 is 0 Å². The van der Waals surface area contributed by atoms with E-state index in [0.717, 1.165) is 11.1 Å². The Morgan fingerprint density at radius 2 is 0.846 bits per heavy atom. The van der Waals surface area contributed by atoms with Crippen LogP contribution in [0.4, 0.5) is 0 Å². The first-order valence-electron chi connectivity index (χ1n) is 8.80. The molecule has 6 nitrogen and oxygen atoms in total. The number of rotatable bonds is 2. The van der Waals surface area contributed by atoms with E-state index in [4.69, 9.17) is 18.9 Å². The van der Waals surface area contributed by atoms with Gasteiger partial charge in [-0.25, -0.2) is 0 Å². The van der Waals surface area contributed by atoms with Gasteiger partial charge in [0.05, 0.1) is 0 Å². The van der Waals surface area contributed by atoms with Gasteiger partial charge in [-0.3, -0.25) is 0 Å². The summed E-state index contributed by atoms with van der Waals surface area (Å²) in [5, 5.41) is 21.1. The zero-order chi connectivity index (χ0) is 17.7. The average Bonchev–Trinajstić information content (AvgIpc) is 3.32. The van der Waals surface area contributed by atoms with Crippen LogP contribution in [0.5, 0.6) is 0 Å². The molecule has 1 aliphatic carbocycles. The summed E-state index contributed by atoms with van der Waals surface area (Å²) in [6.07, 6.45) is -5.79. The summed E-state index contributed by atoms with van der Waals surface area (Å²) < 4.78 is 24.0. The van der Waals surface area contributed by atoms with Gasteiger partial charge < -0.3 is 29.2 Å². The van der Waals surface area contributed by atoms with Gasteiger partial charge in [-0.05, 0) is 0 Å². The number of hydrogen-bond donors (Lipinski definition) is 2. The zero-order valence-corrected chi connectivity index (χ0v) is 13.9. The lowest BCUT2D eigenvalue weighted by atomic mass is 9.85. The molecule has 5 rings (SSSR count). The van der Waals surface area contributed by atoms with Crippen molar-refractivity contribution in [2.45, 2.75) is 49.2 Å². The maximum atomic E-state index is 10.5. The highest BCUT2D eigenvalue weighted by atomic mass is 16.8. The summed E-state index contributed by atoms with van der Waals surface area (Å²) in [6.45, 7) is 0. The third kappa shape index (κ3) is 2.58. The fourth-order valence-corrected chi connectivity index (χ4v) is 3.95. The zero-order valence-electron chi connectivity index (χ0n) is 13.9. The summed E-state index contributed by atoms with van der Waals surface area (Å²) in [5.74, 6) is 0. The maximum absolute atomic E-state index is 10.5. The molecule has 2 heterocycles. The monoisotopic (exact) mass is 356 g/mol. The molecule has 0 radical (unpaired) electrons. The summed E-state index contributed by atoms with van der Waals surface area (Å²) in [6, 6.07) is 19.1. The molecule has 3 aliphatic rings. The first-order valence-corrected chi connectivity index (χ1v) is 8.80. The summed E-state index contributed by atoms with van der Waals surface area (Å²) in [7, 11) is 0. The Balaban J connectivity index is 1.41. The molecule has 0 bridgehead atoms. The van der Waals surface area contributed by atoms with E-state index in [1.807, 2.05) is 60.7 Å². The topological polar surface area (TPSA) is 77.4 Å². The van der Waals surface area contributed by atoms with E-state index in [9.17, 15) is 10.2 Å². The van der Waals surface area contributed by atoms with Crippen LogP contribution in [0.25, 0.3) is 0 Å². The third-order valence-corrected chi connectivity index (χ3v) is 5.26. The molecule has 1 saturated carbocycles. The molecular formula is C20H20O6. The minimum absolute atomic E-state index is 0.516. The van der Waals surface area contributed by atoms with E-state index in [2.05, 4.69) is 0 Å². The minimum atomic E-state index is -1.10. The Hall–Kier alpha value is -1.80. The van der Waals surface area contributed by atoms with Crippen molar-refractivity contribution in [2.24, 2.45) is 0 Å². The largest absolute Gasteiger partial charge is 0.387 e. The van der Waals surface area contributed by atoms with Gasteiger partial charge >= 0.3 is 0 Å². The Kier molecular flexibility index (Phi) is 4.04. The van der Waals surface area contributed by atoms with E-state index < -0.39 is 49.2 Å². The predicted octanol–water partition coefficient (Wildman–Crippen LogP) is 1.69. The van der Waals surface area contributed by atoms with Crippen molar-refractivity contribution in [3.63, 3.8) is 0 Å². The van der Waals surface area contributed by atoms with E-state index >= 15 is 0 Å². The van der Waals surface area contributed by atoms with Gasteiger partial charge in [0.15, 0.2) is 12.6 Å². The molecule has 2 aromatic carbocycles. The first-order chi connectivity index (χ1) is 12.7. The van der Waals surface area contributed by atoms with Crippen LogP contribution in [-0.2, 0) is 18.9 Å². The SMILES string of the molecule is O[C@@H]1[C@H](O)[C@H]2O[C@@H](c3ccccc3)O[C@@H]2[C@@H]2O[C@@H](c3ccccc3)O[C@H]12. The van der Waals surface area contributed by atoms with Crippen LogP contribution in [0.1, 0.15) is 23.7 Å². The Bertz CT molecular complexity index is 688. The summed E-state index contributed by atoms with van der Waals surface area (Å²) in [5.41, 5.74) is 1.72. The van der Waals surface area contributed by atoms with Crippen molar-refractivity contribution in [3.8, 4) is 0 Å². The number of ether oxygens (including phenoxy) is 4. The first kappa shape index (κ1) is 16.4. The molecule has 6 heteroatoms. The highest BCUT2D eigenvalue weighted by molar-refractivity contribution is 5.20. The highest BCUT2D eigenvalue weighted by Gasteiger charge is 2.60. The van der Waals surface area contributed by atoms with Crippen molar-refractivity contribution in [3.05, 3.63) is 71.8 Å². The van der Waals surface area contributed by atoms with Gasteiger partial charge in [0.25, 0.3) is 0 Å². The number of benzene rings is 2. The van der Waals surface area contributed by atoms with E-state index in [1.54, 1.807) is 0 Å². The second kappa shape index (κ2) is 6.42. The lowest BCUT2D eigenvalue weighted by Gasteiger charge is -2.38. The maximum Gasteiger partial charge on any atom is 0.184 e. The summed E-state index contributed by atoms with van der Waals surface area (Å²) >= 11 is 0. The minimum Gasteiger partial charge on any atom is -0.387 e. The van der Waals surface area contributed by atoms with Crippen molar-refractivity contribution < 1.29 is 29.2 Å². The second-order valence-corrected chi connectivity index (χ2v) is 6.87. The van der Waals surface area contributed by atoms with Crippen LogP contribution in [0.15, 0.2) is 60.7 Å². The van der Waals surface area contributed by atoms with Crippen molar-refractivity contribution in [2.75, 3.05) is 0 Å². The molecule has 2 saturated heterocycles. The Morgan fingerprint density at radius 3 is 1.23 bits per heavy atom. The van der Waals surface area contributed by atoms with Crippen molar-refractivity contribution in [1.29, 1.82) is 0 Å². The quantitative estimate of drug-likeness (QED) is 0.853. The highest BCUT2D eigenvalue weighted by Crippen LogP contribution is 2.46. The van der Waals surface area contributed by atoms with Gasteiger partial charge in [0.1, 0.15) is 36.6 Å². The van der Waals surface area contributed by atoms with Gasteiger partial charge in [0, 0.05) is 11.1 Å². The molecule has 136 valence electrons. The van der Waals surface area contributed by atoms with Gasteiger partial charge in [-0.1, -0.05) is 60.7 Å². The molecule has 2 aliphatic heterocycles. The number of fused-ring (bicyclic) bond motifs is 3. The fraction of sp³-hybridized carbons (Fsp3) is 0.400. The molecule has 26 heavy (non-hydrogen) atoms. The predicted molar refractivity (Wildman–Crippen MR) is 89.9 cm³/mol. The van der Waals surface area contributed by atoms with E-state index in [-0.39, 0.29) is 0 Å². The Morgan fingerprint density at radius 1 is 0.500 bits per heavy atom. The van der Waals surface area contributed by atoms with E-state index in [1.165, 1.54) is 0 Å². The molecule has 0 amide bonds. The van der Waals surface area contributed by atoms with Crippen molar-refractivity contribution in [1.82, 2.24) is 0 Å².